The molecule has 0 radical (unpaired) electrons. The van der Waals surface area contributed by atoms with Crippen molar-refractivity contribution in [1.82, 2.24) is 0 Å². The summed E-state index contributed by atoms with van der Waals surface area (Å²) in [5.74, 6) is -1.53. The van der Waals surface area contributed by atoms with Crippen molar-refractivity contribution in [1.29, 1.82) is 0 Å². The number of aliphatic hydroxyl groups is 1. The molecule has 1 aromatic rings. The van der Waals surface area contributed by atoms with Crippen molar-refractivity contribution in [2.75, 3.05) is 0 Å². The number of fused-ring (bicyclic) bond motifs is 1. The van der Waals surface area contributed by atoms with Crippen LogP contribution in [0.25, 0.3) is 0 Å². The number of epoxide rings is 1. The fraction of sp³-hybridized carbons (Fsp3) is 0.462. The van der Waals surface area contributed by atoms with Gasteiger partial charge in [-0.3, -0.25) is 0 Å². The summed E-state index contributed by atoms with van der Waals surface area (Å²) < 4.78 is 5.02. The third kappa shape index (κ3) is 3.05. The maximum absolute atomic E-state index is 10.2. The molecule has 1 aliphatic heterocycles. The molecule has 1 saturated carbocycles. The van der Waals surface area contributed by atoms with Gasteiger partial charge in [-0.05, 0) is 25.0 Å². The summed E-state index contributed by atoms with van der Waals surface area (Å²) >= 11 is 0. The van der Waals surface area contributed by atoms with Crippen LogP contribution in [0.4, 0.5) is 0 Å². The summed E-state index contributed by atoms with van der Waals surface area (Å²) in [6.07, 6.45) is 4.49. The van der Waals surface area contributed by atoms with Gasteiger partial charge in [0, 0.05) is 6.42 Å². The van der Waals surface area contributed by atoms with Crippen LogP contribution in [0, 0.1) is 0 Å². The average Bonchev–Trinajstić information content (AvgIpc) is 3.03. The second-order valence-corrected chi connectivity index (χ2v) is 4.37. The van der Waals surface area contributed by atoms with Gasteiger partial charge in [0.05, 0.1) is 5.56 Å². The Morgan fingerprint density at radius 3 is 2.41 bits per heavy atom. The minimum Gasteiger partial charge on any atom is -0.478 e. The van der Waals surface area contributed by atoms with Crippen LogP contribution >= 0.6 is 0 Å². The zero-order valence-electron chi connectivity index (χ0n) is 9.50. The van der Waals surface area contributed by atoms with Crippen molar-refractivity contribution in [3.8, 4) is 0 Å². The molecule has 1 aliphatic carbocycles. The summed E-state index contributed by atoms with van der Waals surface area (Å²) in [5.41, 5.74) is 0.331. The Kier molecular flexibility index (Phi) is 3.45. The van der Waals surface area contributed by atoms with Gasteiger partial charge in [-0.2, -0.15) is 0 Å². The zero-order valence-corrected chi connectivity index (χ0v) is 9.50. The van der Waals surface area contributed by atoms with Crippen LogP contribution < -0.4 is 0 Å². The number of carboxylic acids is 1. The molecule has 0 bridgehead atoms. The van der Waals surface area contributed by atoms with Crippen LogP contribution in [-0.4, -0.2) is 28.1 Å². The lowest BCUT2D eigenvalue weighted by Gasteiger charge is -2.08. The van der Waals surface area contributed by atoms with Crippen LogP contribution in [-0.2, 0) is 4.74 Å². The quantitative estimate of drug-likeness (QED) is 0.732. The van der Waals surface area contributed by atoms with E-state index in [1.54, 1.807) is 30.3 Å². The van der Waals surface area contributed by atoms with E-state index in [0.29, 0.717) is 5.56 Å². The van der Waals surface area contributed by atoms with Crippen LogP contribution in [0.1, 0.15) is 36.0 Å². The molecule has 0 unspecified atom stereocenters. The molecule has 1 saturated heterocycles. The second-order valence-electron chi connectivity index (χ2n) is 4.37. The highest BCUT2D eigenvalue weighted by molar-refractivity contribution is 5.87. The first-order valence-corrected chi connectivity index (χ1v) is 5.80. The van der Waals surface area contributed by atoms with Gasteiger partial charge in [-0.1, -0.05) is 24.6 Å². The van der Waals surface area contributed by atoms with Gasteiger partial charge in [0.2, 0.25) is 0 Å². The third-order valence-corrected chi connectivity index (χ3v) is 3.06. The van der Waals surface area contributed by atoms with Gasteiger partial charge < -0.3 is 14.9 Å². The molecular formula is C13H16O4. The molecule has 0 amide bonds. The fourth-order valence-electron chi connectivity index (χ4n) is 2.01. The van der Waals surface area contributed by atoms with E-state index in [2.05, 4.69) is 0 Å². The van der Waals surface area contributed by atoms with Crippen molar-refractivity contribution in [3.05, 3.63) is 35.9 Å². The van der Waals surface area contributed by atoms with E-state index in [1.165, 1.54) is 6.42 Å². The Morgan fingerprint density at radius 2 is 2.00 bits per heavy atom. The molecule has 4 heteroatoms. The van der Waals surface area contributed by atoms with Gasteiger partial charge in [-0.15, -0.1) is 0 Å². The highest BCUT2D eigenvalue weighted by Crippen LogP contribution is 2.45. The Balaban J connectivity index is 0.000000127. The van der Waals surface area contributed by atoms with Gasteiger partial charge >= 0.3 is 5.97 Å². The number of hydrogen-bond donors (Lipinski definition) is 2. The first kappa shape index (κ1) is 12.1. The molecule has 4 nitrogen and oxygen atoms in total. The molecule has 17 heavy (non-hydrogen) atoms. The predicted molar refractivity (Wildman–Crippen MR) is 61.7 cm³/mol. The van der Waals surface area contributed by atoms with Crippen molar-refractivity contribution in [3.63, 3.8) is 0 Å². The monoisotopic (exact) mass is 236 g/mol. The molecule has 0 aromatic heterocycles. The Hall–Kier alpha value is -1.39. The number of aromatic carboxylic acids is 1. The lowest BCUT2D eigenvalue weighted by atomic mass is 9.98. The maximum atomic E-state index is 10.2. The summed E-state index contributed by atoms with van der Waals surface area (Å²) in [5, 5.41) is 17.6. The predicted octanol–water partition coefficient (Wildman–Crippen LogP) is 2.03. The zero-order chi connectivity index (χ0) is 12.3. The van der Waals surface area contributed by atoms with Crippen LogP contribution in [0.2, 0.25) is 0 Å². The topological polar surface area (TPSA) is 70.1 Å². The van der Waals surface area contributed by atoms with Gasteiger partial charge in [-0.25, -0.2) is 4.79 Å². The Bertz CT molecular complexity index is 388. The molecule has 2 atom stereocenters. The average molecular weight is 236 g/mol. The van der Waals surface area contributed by atoms with E-state index in [-0.39, 0.29) is 6.10 Å². The summed E-state index contributed by atoms with van der Waals surface area (Å²) in [6, 6.07) is 8.30. The third-order valence-electron chi connectivity index (χ3n) is 3.06. The van der Waals surface area contributed by atoms with Crippen molar-refractivity contribution in [2.24, 2.45) is 0 Å². The first-order valence-electron chi connectivity index (χ1n) is 5.80. The number of carbonyl (C=O) groups is 1. The fourth-order valence-corrected chi connectivity index (χ4v) is 2.01. The van der Waals surface area contributed by atoms with Gasteiger partial charge in [0.15, 0.2) is 5.79 Å². The Morgan fingerprint density at radius 1 is 1.29 bits per heavy atom. The van der Waals surface area contributed by atoms with Crippen LogP contribution in [0.5, 0.6) is 0 Å². The highest BCUT2D eigenvalue weighted by Gasteiger charge is 2.55. The lowest BCUT2D eigenvalue weighted by Crippen LogP contribution is -2.17. The number of benzene rings is 1. The van der Waals surface area contributed by atoms with E-state index in [1.807, 2.05) is 0 Å². The van der Waals surface area contributed by atoms with Crippen molar-refractivity contribution in [2.45, 2.75) is 37.6 Å². The SMILES string of the molecule is O=C(O)c1ccccc1.O[C@@]12CCCC[C@H]1O2. The first-order chi connectivity index (χ1) is 8.12. The normalized spacial score (nSPS) is 29.6. The molecule has 1 heterocycles. The van der Waals surface area contributed by atoms with Crippen LogP contribution in [0.3, 0.4) is 0 Å². The van der Waals surface area contributed by atoms with E-state index in [9.17, 15) is 9.90 Å². The number of rotatable bonds is 1. The lowest BCUT2D eigenvalue weighted by molar-refractivity contribution is 0.0250. The molecule has 2 fully saturated rings. The smallest absolute Gasteiger partial charge is 0.335 e. The Labute approximate surface area is 99.8 Å². The van der Waals surface area contributed by atoms with E-state index in [0.717, 1.165) is 19.3 Å². The van der Waals surface area contributed by atoms with Gasteiger partial charge in [0.25, 0.3) is 0 Å². The summed E-state index contributed by atoms with van der Waals surface area (Å²) in [7, 11) is 0. The maximum Gasteiger partial charge on any atom is 0.335 e. The van der Waals surface area contributed by atoms with E-state index >= 15 is 0 Å². The van der Waals surface area contributed by atoms with E-state index in [4.69, 9.17) is 9.84 Å². The van der Waals surface area contributed by atoms with E-state index < -0.39 is 11.8 Å². The standard InChI is InChI=1S/C7H6O2.C6H10O2/c8-7(9)6-4-2-1-3-5-6;7-6-4-2-1-3-5(6)8-6/h1-5H,(H,8,9);5,7H,1-4H2/t;5-,6-/m.1/s1. The molecule has 1 aromatic carbocycles. The molecule has 2 aliphatic rings. The molecule has 92 valence electrons. The van der Waals surface area contributed by atoms with Crippen molar-refractivity contribution < 1.29 is 19.7 Å². The minimum absolute atomic E-state index is 0.205. The molecule has 0 spiro atoms. The molecule has 3 rings (SSSR count). The summed E-state index contributed by atoms with van der Waals surface area (Å²) in [6.45, 7) is 0. The molecule has 2 N–H and O–H groups in total. The summed E-state index contributed by atoms with van der Waals surface area (Å²) in [4.78, 5) is 10.2. The minimum atomic E-state index is -0.879. The highest BCUT2D eigenvalue weighted by atomic mass is 16.7. The number of carboxylic acid groups (broad SMARTS) is 1. The largest absolute Gasteiger partial charge is 0.478 e. The second kappa shape index (κ2) is 4.85. The molecular weight excluding hydrogens is 220 g/mol. The van der Waals surface area contributed by atoms with Gasteiger partial charge in [0.1, 0.15) is 6.10 Å². The number of hydrogen-bond acceptors (Lipinski definition) is 3. The van der Waals surface area contributed by atoms with Crippen molar-refractivity contribution >= 4 is 5.97 Å². The number of ether oxygens (including phenoxy) is 1. The van der Waals surface area contributed by atoms with Crippen LogP contribution in [0.15, 0.2) is 30.3 Å².